The Morgan fingerprint density at radius 1 is 1.31 bits per heavy atom. The Kier molecular flexibility index (Phi) is 4.71. The molecule has 0 aromatic heterocycles. The standard InChI is InChI=1S/C10H19N3O2S/c1-2-8-12-16(14,15)13-10(9-11)6-4-3-5-7-10/h12-13H,2-8H2,1H3. The summed E-state index contributed by atoms with van der Waals surface area (Å²) in [6.45, 7) is 2.29. The van der Waals surface area contributed by atoms with Gasteiger partial charge in [-0.25, -0.2) is 4.72 Å². The van der Waals surface area contributed by atoms with Gasteiger partial charge < -0.3 is 0 Å². The van der Waals surface area contributed by atoms with Gasteiger partial charge in [0.2, 0.25) is 0 Å². The van der Waals surface area contributed by atoms with Crippen molar-refractivity contribution in [2.75, 3.05) is 6.54 Å². The summed E-state index contributed by atoms with van der Waals surface area (Å²) in [6.07, 6.45) is 4.84. The lowest BCUT2D eigenvalue weighted by Crippen LogP contribution is -2.52. The summed E-state index contributed by atoms with van der Waals surface area (Å²) in [6, 6.07) is 2.12. The molecule has 0 amide bonds. The SMILES string of the molecule is CCCNS(=O)(=O)NC1(C#N)CCCCC1. The van der Waals surface area contributed by atoms with Crippen LogP contribution < -0.4 is 9.44 Å². The summed E-state index contributed by atoms with van der Waals surface area (Å²) in [4.78, 5) is 0. The quantitative estimate of drug-likeness (QED) is 0.759. The van der Waals surface area contributed by atoms with E-state index in [-0.39, 0.29) is 0 Å². The van der Waals surface area contributed by atoms with Gasteiger partial charge >= 0.3 is 0 Å². The zero-order chi connectivity index (χ0) is 12.1. The summed E-state index contributed by atoms with van der Waals surface area (Å²) >= 11 is 0. The van der Waals surface area contributed by atoms with E-state index in [1.807, 2.05) is 6.92 Å². The molecule has 1 rings (SSSR count). The van der Waals surface area contributed by atoms with E-state index in [1.165, 1.54) is 0 Å². The largest absolute Gasteiger partial charge is 0.278 e. The monoisotopic (exact) mass is 245 g/mol. The predicted molar refractivity (Wildman–Crippen MR) is 61.8 cm³/mol. The predicted octanol–water partition coefficient (Wildman–Crippen LogP) is 1.05. The molecule has 0 saturated heterocycles. The van der Waals surface area contributed by atoms with E-state index < -0.39 is 15.7 Å². The molecule has 0 heterocycles. The van der Waals surface area contributed by atoms with Crippen molar-refractivity contribution >= 4 is 10.2 Å². The Morgan fingerprint density at radius 2 is 1.94 bits per heavy atom. The maximum Gasteiger partial charge on any atom is 0.278 e. The highest BCUT2D eigenvalue weighted by atomic mass is 32.2. The molecule has 0 aromatic carbocycles. The van der Waals surface area contributed by atoms with Crippen LogP contribution in [0.5, 0.6) is 0 Å². The van der Waals surface area contributed by atoms with Crippen molar-refractivity contribution < 1.29 is 8.42 Å². The van der Waals surface area contributed by atoms with Crippen LogP contribution in [0.25, 0.3) is 0 Å². The number of hydrogen-bond donors (Lipinski definition) is 2. The molecule has 0 atom stereocenters. The molecule has 0 bridgehead atoms. The molecule has 0 spiro atoms. The lowest BCUT2D eigenvalue weighted by atomic mass is 9.84. The van der Waals surface area contributed by atoms with Crippen molar-refractivity contribution in [1.82, 2.24) is 9.44 Å². The topological polar surface area (TPSA) is 82.0 Å². The van der Waals surface area contributed by atoms with Crippen LogP contribution in [0.2, 0.25) is 0 Å². The maximum atomic E-state index is 11.6. The first-order valence-electron chi connectivity index (χ1n) is 5.73. The first-order valence-corrected chi connectivity index (χ1v) is 7.22. The fraction of sp³-hybridized carbons (Fsp3) is 0.900. The molecule has 1 fully saturated rings. The molecule has 6 heteroatoms. The average Bonchev–Trinajstić information content (AvgIpc) is 2.27. The normalized spacial score (nSPS) is 20.2. The van der Waals surface area contributed by atoms with Gasteiger partial charge in [-0.05, 0) is 19.3 Å². The molecule has 92 valence electrons. The highest BCUT2D eigenvalue weighted by Crippen LogP contribution is 2.27. The number of nitrogens with one attached hydrogen (secondary N) is 2. The molecule has 0 radical (unpaired) electrons. The lowest BCUT2D eigenvalue weighted by molar-refractivity contribution is 0.336. The molecule has 0 aliphatic heterocycles. The maximum absolute atomic E-state index is 11.6. The van der Waals surface area contributed by atoms with Crippen molar-refractivity contribution in [2.45, 2.75) is 51.0 Å². The number of nitrogens with zero attached hydrogens (tertiary/aromatic N) is 1. The summed E-state index contributed by atoms with van der Waals surface area (Å²) in [5, 5.41) is 9.13. The van der Waals surface area contributed by atoms with Gasteiger partial charge in [-0.1, -0.05) is 26.2 Å². The molecule has 5 nitrogen and oxygen atoms in total. The van der Waals surface area contributed by atoms with Gasteiger partial charge in [-0.3, -0.25) is 0 Å². The second kappa shape index (κ2) is 5.62. The van der Waals surface area contributed by atoms with Gasteiger partial charge in [-0.15, -0.1) is 0 Å². The van der Waals surface area contributed by atoms with Gasteiger partial charge in [0.05, 0.1) is 6.07 Å². The van der Waals surface area contributed by atoms with Gasteiger partial charge in [0.25, 0.3) is 10.2 Å². The van der Waals surface area contributed by atoms with Crippen molar-refractivity contribution in [3.63, 3.8) is 0 Å². The molecule has 16 heavy (non-hydrogen) atoms. The molecular formula is C10H19N3O2S. The van der Waals surface area contributed by atoms with Crippen LogP contribution in [-0.4, -0.2) is 20.5 Å². The van der Waals surface area contributed by atoms with Crippen LogP contribution in [0.3, 0.4) is 0 Å². The molecular weight excluding hydrogens is 226 g/mol. The van der Waals surface area contributed by atoms with Gasteiger partial charge in [0.1, 0.15) is 5.54 Å². The highest BCUT2D eigenvalue weighted by molar-refractivity contribution is 7.87. The third kappa shape index (κ3) is 3.74. The van der Waals surface area contributed by atoms with Gasteiger partial charge in [0.15, 0.2) is 0 Å². The van der Waals surface area contributed by atoms with E-state index >= 15 is 0 Å². The summed E-state index contributed by atoms with van der Waals surface area (Å²) in [5.41, 5.74) is -0.891. The third-order valence-electron chi connectivity index (χ3n) is 2.79. The first-order chi connectivity index (χ1) is 7.54. The minimum absolute atomic E-state index is 0.400. The van der Waals surface area contributed by atoms with Crippen molar-refractivity contribution in [3.8, 4) is 6.07 Å². The third-order valence-corrected chi connectivity index (χ3v) is 4.04. The van der Waals surface area contributed by atoms with Crippen molar-refractivity contribution in [2.24, 2.45) is 0 Å². The molecule has 0 aromatic rings. The summed E-state index contributed by atoms with van der Waals surface area (Å²) < 4.78 is 28.2. The summed E-state index contributed by atoms with van der Waals surface area (Å²) in [5.74, 6) is 0. The summed E-state index contributed by atoms with van der Waals surface area (Å²) in [7, 11) is -3.54. The van der Waals surface area contributed by atoms with E-state index in [1.54, 1.807) is 0 Å². The van der Waals surface area contributed by atoms with Gasteiger partial charge in [-0.2, -0.15) is 18.4 Å². The Balaban J connectivity index is 2.66. The minimum Gasteiger partial charge on any atom is -0.202 e. The van der Waals surface area contributed by atoms with Crippen LogP contribution in [0.4, 0.5) is 0 Å². The van der Waals surface area contributed by atoms with E-state index in [4.69, 9.17) is 5.26 Å². The number of rotatable bonds is 5. The second-order valence-corrected chi connectivity index (χ2v) is 5.75. The average molecular weight is 245 g/mol. The highest BCUT2D eigenvalue weighted by Gasteiger charge is 2.35. The number of nitriles is 1. The van der Waals surface area contributed by atoms with Crippen LogP contribution in [0, 0.1) is 11.3 Å². The Bertz CT molecular complexity index is 353. The fourth-order valence-corrected chi connectivity index (χ4v) is 3.23. The van der Waals surface area contributed by atoms with Crippen LogP contribution in [-0.2, 0) is 10.2 Å². The Labute approximate surface area is 97.4 Å². The zero-order valence-corrected chi connectivity index (χ0v) is 10.4. The minimum atomic E-state index is -3.54. The molecule has 1 aliphatic rings. The lowest BCUT2D eigenvalue weighted by Gasteiger charge is -2.31. The Hall–Kier alpha value is -0.640. The van der Waals surface area contributed by atoms with Crippen LogP contribution >= 0.6 is 0 Å². The number of hydrogen-bond acceptors (Lipinski definition) is 3. The van der Waals surface area contributed by atoms with E-state index in [0.717, 1.165) is 25.7 Å². The molecule has 1 saturated carbocycles. The molecule has 2 N–H and O–H groups in total. The van der Waals surface area contributed by atoms with Crippen molar-refractivity contribution in [3.05, 3.63) is 0 Å². The molecule has 0 unspecified atom stereocenters. The van der Waals surface area contributed by atoms with E-state index in [0.29, 0.717) is 19.4 Å². The van der Waals surface area contributed by atoms with Gasteiger partial charge in [0, 0.05) is 6.54 Å². The Morgan fingerprint density at radius 3 is 2.44 bits per heavy atom. The van der Waals surface area contributed by atoms with E-state index in [9.17, 15) is 8.42 Å². The second-order valence-electron chi connectivity index (χ2n) is 4.25. The fourth-order valence-electron chi connectivity index (χ4n) is 1.92. The van der Waals surface area contributed by atoms with Crippen LogP contribution in [0.1, 0.15) is 45.4 Å². The molecule has 1 aliphatic carbocycles. The smallest absolute Gasteiger partial charge is 0.202 e. The van der Waals surface area contributed by atoms with Crippen molar-refractivity contribution in [1.29, 1.82) is 5.26 Å². The first kappa shape index (κ1) is 13.4. The van der Waals surface area contributed by atoms with E-state index in [2.05, 4.69) is 15.5 Å². The zero-order valence-electron chi connectivity index (χ0n) is 9.62. The van der Waals surface area contributed by atoms with Crippen LogP contribution in [0.15, 0.2) is 0 Å².